The summed E-state index contributed by atoms with van der Waals surface area (Å²) >= 11 is 0. The van der Waals surface area contributed by atoms with Crippen molar-refractivity contribution >= 4 is 7.48 Å². The van der Waals surface area contributed by atoms with E-state index in [0.29, 0.717) is 19.9 Å². The summed E-state index contributed by atoms with van der Waals surface area (Å²) < 4.78 is 1.99. The summed E-state index contributed by atoms with van der Waals surface area (Å²) in [5, 5.41) is 0. The fourth-order valence-electron chi connectivity index (χ4n) is 1.24. The van der Waals surface area contributed by atoms with E-state index in [0.717, 1.165) is 0 Å². The number of aromatic nitrogens is 2. The minimum absolute atomic E-state index is 0.350. The molecule has 0 aromatic carbocycles. The molecular formula is C6H9BN2O2. The van der Waals surface area contributed by atoms with Gasteiger partial charge in [0.05, 0.1) is 12.9 Å². The fraction of sp³-hybridized carbons (Fsp3) is 0.500. The van der Waals surface area contributed by atoms with Crippen LogP contribution >= 0.6 is 0 Å². The van der Waals surface area contributed by atoms with Crippen molar-refractivity contribution in [3.63, 3.8) is 0 Å². The Morgan fingerprint density at radius 3 is 3.27 bits per heavy atom. The van der Waals surface area contributed by atoms with Crippen LogP contribution in [0.1, 0.15) is 11.5 Å². The van der Waals surface area contributed by atoms with E-state index in [1.807, 2.05) is 17.8 Å². The number of hydrogen-bond donors (Lipinski definition) is 0. The van der Waals surface area contributed by atoms with Crippen molar-refractivity contribution < 1.29 is 9.69 Å². The summed E-state index contributed by atoms with van der Waals surface area (Å²) in [6.07, 6.45) is 3.64. The molecule has 0 aliphatic carbocycles. The van der Waals surface area contributed by atoms with Crippen molar-refractivity contribution in [1.29, 1.82) is 0 Å². The molecule has 1 atom stereocenters. The number of imidazole rings is 1. The van der Waals surface area contributed by atoms with Crippen LogP contribution < -0.4 is 0 Å². The van der Waals surface area contributed by atoms with Crippen LogP contribution in [-0.4, -0.2) is 23.6 Å². The normalized spacial score (nSPS) is 23.5. The first-order valence-electron chi connectivity index (χ1n) is 3.58. The van der Waals surface area contributed by atoms with Crippen molar-refractivity contribution in [1.82, 2.24) is 9.55 Å². The van der Waals surface area contributed by atoms with E-state index in [9.17, 15) is 0 Å². The standard InChI is InChI=1S/C6H9BN2O2/c1-9-4-8-2-6(9)5-3-10-11-7-5/h2,4-5,7H,3H2,1H3. The molecule has 1 aliphatic rings. The monoisotopic (exact) mass is 152 g/mol. The third-order valence-electron chi connectivity index (χ3n) is 1.89. The summed E-state index contributed by atoms with van der Waals surface area (Å²) in [5.41, 5.74) is 1.17. The minimum atomic E-state index is 0.350. The van der Waals surface area contributed by atoms with Gasteiger partial charge in [-0.1, -0.05) is 0 Å². The Balaban J connectivity index is 2.21. The lowest BCUT2D eigenvalue weighted by Crippen LogP contribution is -2.08. The molecule has 1 fully saturated rings. The molecule has 0 saturated carbocycles. The smallest absolute Gasteiger partial charge is 0.334 e. The lowest BCUT2D eigenvalue weighted by molar-refractivity contribution is -0.183. The average Bonchev–Trinajstić information content (AvgIpc) is 2.55. The number of aryl methyl sites for hydroxylation is 1. The van der Waals surface area contributed by atoms with Crippen LogP contribution in [0.3, 0.4) is 0 Å². The van der Waals surface area contributed by atoms with Crippen LogP contribution in [-0.2, 0) is 16.7 Å². The zero-order chi connectivity index (χ0) is 7.68. The van der Waals surface area contributed by atoms with Gasteiger partial charge in [0.2, 0.25) is 0 Å². The Morgan fingerprint density at radius 1 is 1.82 bits per heavy atom. The second-order valence-electron chi connectivity index (χ2n) is 2.70. The number of nitrogens with zero attached hydrogens (tertiary/aromatic N) is 2. The molecule has 4 nitrogen and oxygen atoms in total. The third kappa shape index (κ3) is 1.17. The van der Waals surface area contributed by atoms with Crippen LogP contribution in [0.2, 0.25) is 0 Å². The SMILES string of the molecule is Cn1cncc1C1BOOC1. The van der Waals surface area contributed by atoms with E-state index >= 15 is 0 Å². The summed E-state index contributed by atoms with van der Waals surface area (Å²) in [7, 11) is 2.61. The van der Waals surface area contributed by atoms with Gasteiger partial charge in [-0.3, -0.25) is 4.89 Å². The highest BCUT2D eigenvalue weighted by atomic mass is 17.2. The molecule has 0 N–H and O–H groups in total. The quantitative estimate of drug-likeness (QED) is 0.412. The van der Waals surface area contributed by atoms with E-state index in [2.05, 4.69) is 4.98 Å². The Kier molecular flexibility index (Phi) is 1.67. The molecule has 0 spiro atoms. The van der Waals surface area contributed by atoms with Crippen LogP contribution in [0.25, 0.3) is 0 Å². The topological polar surface area (TPSA) is 36.3 Å². The second kappa shape index (κ2) is 2.67. The highest BCUT2D eigenvalue weighted by Gasteiger charge is 2.23. The Labute approximate surface area is 65.3 Å². The fourth-order valence-corrected chi connectivity index (χ4v) is 1.24. The van der Waals surface area contributed by atoms with Gasteiger partial charge in [0.1, 0.15) is 0 Å². The highest BCUT2D eigenvalue weighted by molar-refractivity contribution is 6.30. The maximum absolute atomic E-state index is 4.79. The van der Waals surface area contributed by atoms with E-state index in [1.54, 1.807) is 6.33 Å². The van der Waals surface area contributed by atoms with E-state index in [4.69, 9.17) is 9.69 Å². The Morgan fingerprint density at radius 2 is 2.73 bits per heavy atom. The van der Waals surface area contributed by atoms with Gasteiger partial charge in [0, 0.05) is 24.8 Å². The summed E-state index contributed by atoms with van der Waals surface area (Å²) in [4.78, 5) is 13.6. The van der Waals surface area contributed by atoms with Crippen LogP contribution in [0.15, 0.2) is 12.5 Å². The second-order valence-corrected chi connectivity index (χ2v) is 2.70. The Bertz CT molecular complexity index is 244. The van der Waals surface area contributed by atoms with Gasteiger partial charge in [-0.2, -0.15) is 0 Å². The van der Waals surface area contributed by atoms with Gasteiger partial charge >= 0.3 is 7.48 Å². The van der Waals surface area contributed by atoms with E-state index in [-0.39, 0.29) is 0 Å². The molecule has 0 bridgehead atoms. The van der Waals surface area contributed by atoms with Crippen molar-refractivity contribution in [2.24, 2.45) is 7.05 Å². The molecule has 11 heavy (non-hydrogen) atoms. The molecule has 1 unspecified atom stereocenters. The molecule has 1 aromatic heterocycles. The molecule has 5 heteroatoms. The average molecular weight is 152 g/mol. The Hall–Kier alpha value is -0.805. The van der Waals surface area contributed by atoms with Gasteiger partial charge in [-0.25, -0.2) is 4.98 Å². The van der Waals surface area contributed by atoms with Crippen molar-refractivity contribution in [2.75, 3.05) is 6.61 Å². The maximum atomic E-state index is 4.79. The van der Waals surface area contributed by atoms with E-state index in [1.165, 1.54) is 5.69 Å². The predicted octanol–water partition coefficient (Wildman–Crippen LogP) is -0.226. The van der Waals surface area contributed by atoms with Crippen molar-refractivity contribution in [3.8, 4) is 0 Å². The molecule has 2 heterocycles. The molecule has 58 valence electrons. The molecular weight excluding hydrogens is 143 g/mol. The summed E-state index contributed by atoms with van der Waals surface area (Å²) in [6.45, 7) is 0.638. The first-order valence-corrected chi connectivity index (χ1v) is 3.58. The largest absolute Gasteiger partial charge is 0.338 e. The summed E-state index contributed by atoms with van der Waals surface area (Å²) in [6, 6.07) is 0. The zero-order valence-electron chi connectivity index (χ0n) is 6.36. The molecule has 0 amide bonds. The van der Waals surface area contributed by atoms with Crippen LogP contribution in [0.5, 0.6) is 0 Å². The van der Waals surface area contributed by atoms with Gasteiger partial charge in [0.15, 0.2) is 0 Å². The van der Waals surface area contributed by atoms with Gasteiger partial charge in [-0.05, 0) is 0 Å². The van der Waals surface area contributed by atoms with Crippen LogP contribution in [0.4, 0.5) is 0 Å². The number of rotatable bonds is 1. The molecule has 1 saturated heterocycles. The van der Waals surface area contributed by atoms with Crippen LogP contribution in [0, 0.1) is 0 Å². The zero-order valence-corrected chi connectivity index (χ0v) is 6.36. The van der Waals surface area contributed by atoms with E-state index < -0.39 is 0 Å². The highest BCUT2D eigenvalue weighted by Crippen LogP contribution is 2.18. The number of hydrogen-bond acceptors (Lipinski definition) is 3. The minimum Gasteiger partial charge on any atom is -0.338 e. The summed E-state index contributed by atoms with van der Waals surface area (Å²) in [5.74, 6) is 0.350. The first kappa shape index (κ1) is 6.88. The maximum Gasteiger partial charge on any atom is 0.334 e. The van der Waals surface area contributed by atoms with Crippen molar-refractivity contribution in [2.45, 2.75) is 5.82 Å². The molecule has 1 aliphatic heterocycles. The third-order valence-corrected chi connectivity index (χ3v) is 1.89. The van der Waals surface area contributed by atoms with Crippen molar-refractivity contribution in [3.05, 3.63) is 18.2 Å². The van der Waals surface area contributed by atoms with Gasteiger partial charge in [0.25, 0.3) is 0 Å². The first-order chi connectivity index (χ1) is 5.38. The molecule has 2 rings (SSSR count). The lowest BCUT2D eigenvalue weighted by atomic mass is 9.80. The van der Waals surface area contributed by atoms with Gasteiger partial charge in [-0.15, -0.1) is 0 Å². The predicted molar refractivity (Wildman–Crippen MR) is 40.1 cm³/mol. The molecule has 0 radical (unpaired) electrons. The lowest BCUT2D eigenvalue weighted by Gasteiger charge is -2.03. The molecule has 1 aromatic rings. The van der Waals surface area contributed by atoms with Gasteiger partial charge < -0.3 is 9.37 Å².